The third kappa shape index (κ3) is 2.87. The van der Waals surface area contributed by atoms with Gasteiger partial charge in [0, 0.05) is 18.0 Å². The van der Waals surface area contributed by atoms with Gasteiger partial charge in [0.2, 0.25) is 5.90 Å². The van der Waals surface area contributed by atoms with Crippen molar-refractivity contribution >= 4 is 11.9 Å². The van der Waals surface area contributed by atoms with Gasteiger partial charge < -0.3 is 15.6 Å². The number of rotatable bonds is 5. The highest BCUT2D eigenvalue weighted by Crippen LogP contribution is 2.22. The molecular formula is C13H16N2O3. The van der Waals surface area contributed by atoms with E-state index in [0.29, 0.717) is 25.5 Å². The van der Waals surface area contributed by atoms with E-state index in [0.717, 1.165) is 11.1 Å². The molecule has 5 heteroatoms. The third-order valence-corrected chi connectivity index (χ3v) is 2.85. The Morgan fingerprint density at radius 2 is 2.28 bits per heavy atom. The number of aliphatic imine (C=N–C) groups is 1. The van der Waals surface area contributed by atoms with Gasteiger partial charge in [-0.15, -0.1) is 0 Å². The van der Waals surface area contributed by atoms with Crippen LogP contribution in [-0.4, -0.2) is 30.1 Å². The first-order chi connectivity index (χ1) is 8.68. The molecule has 0 saturated heterocycles. The van der Waals surface area contributed by atoms with Crippen LogP contribution in [0.25, 0.3) is 0 Å². The molecule has 0 radical (unpaired) electrons. The van der Waals surface area contributed by atoms with E-state index >= 15 is 0 Å². The number of nitrogens with zero attached hydrogens (tertiary/aromatic N) is 1. The molecule has 0 bridgehead atoms. The maximum Gasteiger partial charge on any atom is 0.303 e. The zero-order chi connectivity index (χ0) is 13.0. The van der Waals surface area contributed by atoms with Crippen LogP contribution in [0.4, 0.5) is 0 Å². The molecule has 5 nitrogen and oxygen atoms in total. The van der Waals surface area contributed by atoms with Crippen LogP contribution in [0.2, 0.25) is 0 Å². The van der Waals surface area contributed by atoms with Crippen molar-refractivity contribution in [2.75, 3.05) is 13.2 Å². The van der Waals surface area contributed by atoms with Crippen molar-refractivity contribution in [1.82, 2.24) is 0 Å². The van der Waals surface area contributed by atoms with Gasteiger partial charge >= 0.3 is 5.97 Å². The molecule has 0 fully saturated rings. The molecule has 3 N–H and O–H groups in total. The third-order valence-electron chi connectivity index (χ3n) is 2.85. The van der Waals surface area contributed by atoms with Crippen molar-refractivity contribution in [2.24, 2.45) is 10.7 Å². The van der Waals surface area contributed by atoms with Crippen molar-refractivity contribution in [2.45, 2.75) is 18.9 Å². The first-order valence-electron chi connectivity index (χ1n) is 5.92. The monoisotopic (exact) mass is 248 g/mol. The summed E-state index contributed by atoms with van der Waals surface area (Å²) in [6, 6.07) is 7.26. The van der Waals surface area contributed by atoms with Gasteiger partial charge in [-0.1, -0.05) is 18.2 Å². The number of carboxylic acids is 1. The van der Waals surface area contributed by atoms with Crippen LogP contribution in [0.3, 0.4) is 0 Å². The van der Waals surface area contributed by atoms with Crippen molar-refractivity contribution in [3.63, 3.8) is 0 Å². The quantitative estimate of drug-likeness (QED) is 0.823. The highest BCUT2D eigenvalue weighted by molar-refractivity contribution is 5.96. The molecule has 96 valence electrons. The smallest absolute Gasteiger partial charge is 0.303 e. The van der Waals surface area contributed by atoms with Gasteiger partial charge in [-0.3, -0.25) is 4.79 Å². The number of carboxylic acid groups (broad SMARTS) is 1. The number of benzene rings is 1. The molecule has 1 heterocycles. The molecule has 1 aromatic rings. The number of hydrogen-bond donors (Lipinski definition) is 2. The summed E-state index contributed by atoms with van der Waals surface area (Å²) < 4.78 is 5.43. The van der Waals surface area contributed by atoms with E-state index in [1.54, 1.807) is 0 Å². The van der Waals surface area contributed by atoms with Gasteiger partial charge in [-0.2, -0.15) is 0 Å². The van der Waals surface area contributed by atoms with Crippen molar-refractivity contribution < 1.29 is 14.6 Å². The molecule has 18 heavy (non-hydrogen) atoms. The second kappa shape index (κ2) is 5.64. The minimum Gasteiger partial charge on any atom is -0.481 e. The second-order valence-electron chi connectivity index (χ2n) is 4.16. The maximum absolute atomic E-state index is 10.6. The highest BCUT2D eigenvalue weighted by atomic mass is 16.5. The van der Waals surface area contributed by atoms with Crippen LogP contribution in [0.5, 0.6) is 0 Å². The Bertz CT molecular complexity index is 471. The van der Waals surface area contributed by atoms with Gasteiger partial charge in [0.15, 0.2) is 0 Å². The van der Waals surface area contributed by atoms with Crippen LogP contribution in [0.15, 0.2) is 29.3 Å². The average molecular weight is 248 g/mol. The fourth-order valence-electron chi connectivity index (χ4n) is 1.95. The lowest BCUT2D eigenvalue weighted by Crippen LogP contribution is -2.16. The van der Waals surface area contributed by atoms with Gasteiger partial charge in [-0.05, 0) is 18.1 Å². The summed E-state index contributed by atoms with van der Waals surface area (Å²) in [6.45, 7) is 1.25. The van der Waals surface area contributed by atoms with Crippen molar-refractivity contribution in [1.29, 1.82) is 0 Å². The Balaban J connectivity index is 2.18. The molecule has 0 aliphatic carbocycles. The summed E-state index contributed by atoms with van der Waals surface area (Å²) in [6.07, 6.45) is 0.461. The zero-order valence-electron chi connectivity index (χ0n) is 10.0. The van der Waals surface area contributed by atoms with Crippen molar-refractivity contribution in [3.05, 3.63) is 35.4 Å². The summed E-state index contributed by atoms with van der Waals surface area (Å²) >= 11 is 0. The van der Waals surface area contributed by atoms with Crippen LogP contribution in [0.1, 0.15) is 30.0 Å². The zero-order valence-corrected chi connectivity index (χ0v) is 10.0. The molecule has 2 rings (SSSR count). The molecule has 1 unspecified atom stereocenters. The summed E-state index contributed by atoms with van der Waals surface area (Å²) in [5.74, 6) is -0.228. The Morgan fingerprint density at radius 3 is 2.94 bits per heavy atom. The van der Waals surface area contributed by atoms with Crippen LogP contribution in [0, 0.1) is 0 Å². The van der Waals surface area contributed by atoms with E-state index in [1.165, 1.54) is 0 Å². The minimum atomic E-state index is -0.836. The topological polar surface area (TPSA) is 84.9 Å². The first-order valence-corrected chi connectivity index (χ1v) is 5.92. The molecule has 0 amide bonds. The van der Waals surface area contributed by atoms with Crippen molar-refractivity contribution in [3.8, 4) is 0 Å². The minimum absolute atomic E-state index is 0.0584. The maximum atomic E-state index is 10.6. The summed E-state index contributed by atoms with van der Waals surface area (Å²) in [5, 5.41) is 8.69. The lowest BCUT2D eigenvalue weighted by molar-refractivity contribution is -0.137. The molecular weight excluding hydrogens is 232 g/mol. The summed E-state index contributed by atoms with van der Waals surface area (Å²) in [7, 11) is 0. The van der Waals surface area contributed by atoms with Gasteiger partial charge in [0.25, 0.3) is 0 Å². The molecule has 1 aliphatic rings. The average Bonchev–Trinajstić information content (AvgIpc) is 2.89. The number of carbonyl (C=O) groups is 1. The Morgan fingerprint density at radius 1 is 1.50 bits per heavy atom. The van der Waals surface area contributed by atoms with E-state index in [1.807, 2.05) is 24.3 Å². The van der Waals surface area contributed by atoms with E-state index in [2.05, 4.69) is 4.99 Å². The predicted molar refractivity (Wildman–Crippen MR) is 67.6 cm³/mol. The van der Waals surface area contributed by atoms with Gasteiger partial charge in [0.1, 0.15) is 6.61 Å². The van der Waals surface area contributed by atoms with E-state index in [4.69, 9.17) is 15.6 Å². The van der Waals surface area contributed by atoms with E-state index in [-0.39, 0.29) is 12.5 Å². The number of aliphatic carboxylic acids is 1. The number of hydrogen-bond acceptors (Lipinski definition) is 4. The van der Waals surface area contributed by atoms with Gasteiger partial charge in [0.05, 0.1) is 6.54 Å². The van der Waals surface area contributed by atoms with E-state index < -0.39 is 5.97 Å². The molecule has 0 spiro atoms. The fraction of sp³-hybridized carbons (Fsp3) is 0.385. The highest BCUT2D eigenvalue weighted by Gasteiger charge is 2.18. The summed E-state index contributed by atoms with van der Waals surface area (Å²) in [5.41, 5.74) is 7.79. The van der Waals surface area contributed by atoms with E-state index in [9.17, 15) is 4.79 Å². The SMILES string of the molecule is NC(CCC(=O)O)c1ccccc1C1=NCCO1. The lowest BCUT2D eigenvalue weighted by Gasteiger charge is -2.15. The predicted octanol–water partition coefficient (Wildman–Crippen LogP) is 1.33. The Labute approximate surface area is 105 Å². The second-order valence-corrected chi connectivity index (χ2v) is 4.16. The molecule has 0 aromatic heterocycles. The number of ether oxygens (including phenoxy) is 1. The molecule has 1 aromatic carbocycles. The molecule has 1 atom stereocenters. The normalized spacial score (nSPS) is 15.9. The number of nitrogens with two attached hydrogens (primary N) is 1. The first kappa shape index (κ1) is 12.6. The largest absolute Gasteiger partial charge is 0.481 e. The van der Waals surface area contributed by atoms with Crippen LogP contribution in [-0.2, 0) is 9.53 Å². The lowest BCUT2D eigenvalue weighted by atomic mass is 9.97. The molecule has 1 aliphatic heterocycles. The standard InChI is InChI=1S/C13H16N2O3/c14-11(5-6-12(16)17)9-3-1-2-4-10(9)13-15-7-8-18-13/h1-4,11H,5-8,14H2,(H,16,17). The van der Waals surface area contributed by atoms with Crippen LogP contribution < -0.4 is 5.73 Å². The van der Waals surface area contributed by atoms with Crippen LogP contribution >= 0.6 is 0 Å². The fourth-order valence-corrected chi connectivity index (χ4v) is 1.95. The Kier molecular flexibility index (Phi) is 3.94. The van der Waals surface area contributed by atoms with Gasteiger partial charge in [-0.25, -0.2) is 4.99 Å². The Hall–Kier alpha value is -1.88. The molecule has 0 saturated carbocycles. The summed E-state index contributed by atoms with van der Waals surface area (Å²) in [4.78, 5) is 14.8.